The highest BCUT2D eigenvalue weighted by Crippen LogP contribution is 2.42. The molecule has 0 aliphatic rings. The predicted octanol–water partition coefficient (Wildman–Crippen LogP) is 11.7. The van der Waals surface area contributed by atoms with Crippen molar-refractivity contribution in [3.63, 3.8) is 0 Å². The van der Waals surface area contributed by atoms with Gasteiger partial charge in [-0.25, -0.2) is 14.8 Å². The highest BCUT2D eigenvalue weighted by atomic mass is 15.1. The average Bonchev–Trinajstić information content (AvgIpc) is 3.82. The number of benzene rings is 7. The Labute approximate surface area is 343 Å². The molecule has 10 rings (SSSR count). The number of nitriles is 4. The molecule has 9 heteroatoms. The van der Waals surface area contributed by atoms with Gasteiger partial charge in [-0.2, -0.15) is 21.0 Å². The van der Waals surface area contributed by atoms with Crippen LogP contribution in [0.4, 0.5) is 5.69 Å². The number of fused-ring (bicyclic) bond motifs is 6. The summed E-state index contributed by atoms with van der Waals surface area (Å²) < 4.78 is 4.14. The second-order valence-corrected chi connectivity index (χ2v) is 14.2. The molecule has 0 unspecified atom stereocenters. The van der Waals surface area contributed by atoms with Crippen molar-refractivity contribution in [2.75, 3.05) is 0 Å². The van der Waals surface area contributed by atoms with Gasteiger partial charge in [-0.3, -0.25) is 0 Å². The van der Waals surface area contributed by atoms with Gasteiger partial charge < -0.3 is 9.13 Å². The van der Waals surface area contributed by atoms with Crippen LogP contribution < -0.4 is 0 Å². The van der Waals surface area contributed by atoms with Crippen LogP contribution in [-0.2, 0) is 0 Å². The topological polar surface area (TPSA) is 135 Å². The van der Waals surface area contributed by atoms with Crippen molar-refractivity contribution >= 4 is 49.3 Å². The lowest BCUT2D eigenvalue weighted by atomic mass is 10.0. The van der Waals surface area contributed by atoms with Gasteiger partial charge in [0, 0.05) is 32.8 Å². The molecule has 7 aromatic carbocycles. The molecule has 0 aliphatic carbocycles. The molecular weight excluding hydrogens is 739 g/mol. The van der Waals surface area contributed by atoms with Crippen LogP contribution in [0.1, 0.15) is 22.3 Å². The van der Waals surface area contributed by atoms with E-state index in [9.17, 15) is 21.0 Å². The molecule has 0 bridgehead atoms. The lowest BCUT2D eigenvalue weighted by Gasteiger charge is -2.19. The molecule has 3 heterocycles. The van der Waals surface area contributed by atoms with Crippen molar-refractivity contribution in [3.8, 4) is 69.6 Å². The van der Waals surface area contributed by atoms with Gasteiger partial charge in [-0.1, -0.05) is 66.7 Å². The van der Waals surface area contributed by atoms with Crippen molar-refractivity contribution in [1.29, 1.82) is 21.0 Å². The Morgan fingerprint density at radius 2 is 0.883 bits per heavy atom. The smallest absolute Gasteiger partial charge is 0.188 e. The molecule has 274 valence electrons. The molecule has 0 atom stereocenters. The molecule has 0 radical (unpaired) electrons. The van der Waals surface area contributed by atoms with Crippen molar-refractivity contribution < 1.29 is 0 Å². The average molecular weight is 764 g/mol. The number of nitrogens with zero attached hydrogens (tertiary/aromatic N) is 9. The van der Waals surface area contributed by atoms with Gasteiger partial charge in [0.25, 0.3) is 0 Å². The SMILES string of the molecule is [C-]#[N+]c1ccc2c(c1)c1cc(C#N)ccc1n2-c1cc(C#N)c(-c2nc(-c3ccccc3)cc(-c3ccccc3)n2)cc1-n1c2ccc(C#N)cc2c2cc(C#N)ccc21. The summed E-state index contributed by atoms with van der Waals surface area (Å²) in [5.41, 5.74) is 10.2. The molecule has 0 N–H and O–H groups in total. The van der Waals surface area contributed by atoms with E-state index in [1.54, 1.807) is 24.3 Å². The van der Waals surface area contributed by atoms with E-state index in [1.807, 2.05) is 127 Å². The van der Waals surface area contributed by atoms with E-state index in [4.69, 9.17) is 16.5 Å². The first-order valence-corrected chi connectivity index (χ1v) is 18.8. The van der Waals surface area contributed by atoms with E-state index in [-0.39, 0.29) is 0 Å². The summed E-state index contributed by atoms with van der Waals surface area (Å²) in [5.74, 6) is 0.349. The van der Waals surface area contributed by atoms with Crippen molar-refractivity contribution in [2.24, 2.45) is 0 Å². The Balaban J connectivity index is 1.37. The molecule has 3 aromatic heterocycles. The highest BCUT2D eigenvalue weighted by molar-refractivity contribution is 6.13. The Bertz CT molecular complexity index is 3450. The van der Waals surface area contributed by atoms with Crippen LogP contribution in [0.25, 0.3) is 93.7 Å². The molecule has 10 aromatic rings. The first-order chi connectivity index (χ1) is 29.5. The first-order valence-electron chi connectivity index (χ1n) is 18.8. The maximum atomic E-state index is 11.1. The summed E-state index contributed by atoms with van der Waals surface area (Å²) in [4.78, 5) is 13.9. The molecular formula is C51H25N9. The third-order valence-electron chi connectivity index (χ3n) is 10.9. The molecule has 60 heavy (non-hydrogen) atoms. The summed E-state index contributed by atoms with van der Waals surface area (Å²) in [5, 5.41) is 44.0. The van der Waals surface area contributed by atoms with Gasteiger partial charge >= 0.3 is 0 Å². The minimum Gasteiger partial charge on any atom is -0.307 e. The molecule has 0 aliphatic heterocycles. The number of rotatable bonds is 5. The van der Waals surface area contributed by atoms with Crippen molar-refractivity contribution in [1.82, 2.24) is 19.1 Å². The quantitative estimate of drug-likeness (QED) is 0.160. The van der Waals surface area contributed by atoms with Gasteiger partial charge in [-0.05, 0) is 90.3 Å². The van der Waals surface area contributed by atoms with Crippen LogP contribution in [0.5, 0.6) is 0 Å². The normalized spacial score (nSPS) is 10.9. The summed E-state index contributed by atoms with van der Waals surface area (Å²) in [6, 6.07) is 56.6. The second-order valence-electron chi connectivity index (χ2n) is 14.2. The van der Waals surface area contributed by atoms with Crippen LogP contribution in [0.3, 0.4) is 0 Å². The zero-order valence-corrected chi connectivity index (χ0v) is 31.5. The van der Waals surface area contributed by atoms with Crippen LogP contribution >= 0.6 is 0 Å². The monoisotopic (exact) mass is 763 g/mol. The summed E-state index contributed by atoms with van der Waals surface area (Å²) in [7, 11) is 0. The Hall–Kier alpha value is -9.33. The lowest BCUT2D eigenvalue weighted by molar-refractivity contribution is 1.09. The third kappa shape index (κ3) is 5.59. The Morgan fingerprint density at radius 1 is 0.450 bits per heavy atom. The minimum atomic E-state index is 0.318. The minimum absolute atomic E-state index is 0.318. The van der Waals surface area contributed by atoms with E-state index in [0.29, 0.717) is 62.1 Å². The van der Waals surface area contributed by atoms with E-state index >= 15 is 0 Å². The maximum absolute atomic E-state index is 11.1. The van der Waals surface area contributed by atoms with Gasteiger partial charge in [0.1, 0.15) is 0 Å². The van der Waals surface area contributed by atoms with E-state index in [1.165, 1.54) is 0 Å². The Kier molecular flexibility index (Phi) is 8.19. The molecule has 0 fully saturated rings. The molecule has 0 amide bonds. The van der Waals surface area contributed by atoms with Crippen molar-refractivity contribution in [2.45, 2.75) is 0 Å². The standard InChI is InChI=1S/C51H25N9/c1-56-37-15-19-48-42(24-37)41-22-33(29-54)14-18-47(41)59(48)49-23-36(30-55)38(51-57-43(34-8-4-2-5-9-34)26-44(58-51)35-10-6-3-7-11-35)25-50(49)60-45-16-12-31(27-52)20-39(45)40-21-32(28-53)13-17-46(40)60/h2-26H. The zero-order chi connectivity index (χ0) is 40.9. The number of aromatic nitrogens is 4. The molecule has 9 nitrogen and oxygen atoms in total. The fraction of sp³-hybridized carbons (Fsp3) is 0. The fourth-order valence-corrected chi connectivity index (χ4v) is 8.13. The fourth-order valence-electron chi connectivity index (χ4n) is 8.13. The largest absolute Gasteiger partial charge is 0.307 e. The van der Waals surface area contributed by atoms with Gasteiger partial charge in [0.05, 0.1) is 97.9 Å². The Morgan fingerprint density at radius 3 is 1.32 bits per heavy atom. The van der Waals surface area contributed by atoms with Gasteiger partial charge in [0.15, 0.2) is 11.5 Å². The van der Waals surface area contributed by atoms with Crippen LogP contribution in [0.2, 0.25) is 0 Å². The molecule has 0 saturated carbocycles. The van der Waals surface area contributed by atoms with Crippen LogP contribution in [-0.4, -0.2) is 19.1 Å². The number of hydrogen-bond donors (Lipinski definition) is 0. The maximum Gasteiger partial charge on any atom is 0.188 e. The molecule has 0 spiro atoms. The van der Waals surface area contributed by atoms with Gasteiger partial charge in [0.2, 0.25) is 0 Å². The summed E-state index contributed by atoms with van der Waals surface area (Å²) in [6.45, 7) is 7.79. The highest BCUT2D eigenvalue weighted by Gasteiger charge is 2.24. The third-order valence-corrected chi connectivity index (χ3v) is 10.9. The lowest BCUT2D eigenvalue weighted by Crippen LogP contribution is -2.06. The first kappa shape index (κ1) is 35.1. The summed E-state index contributed by atoms with van der Waals surface area (Å²) in [6.07, 6.45) is 0. The number of hydrogen-bond acceptors (Lipinski definition) is 6. The van der Waals surface area contributed by atoms with E-state index in [0.717, 1.165) is 54.7 Å². The van der Waals surface area contributed by atoms with Crippen LogP contribution in [0, 0.1) is 51.9 Å². The van der Waals surface area contributed by atoms with Crippen molar-refractivity contribution in [3.05, 3.63) is 185 Å². The molecule has 0 saturated heterocycles. The summed E-state index contributed by atoms with van der Waals surface area (Å²) >= 11 is 0. The van der Waals surface area contributed by atoms with Gasteiger partial charge in [-0.15, -0.1) is 0 Å². The van der Waals surface area contributed by atoms with Crippen LogP contribution in [0.15, 0.2) is 152 Å². The zero-order valence-electron chi connectivity index (χ0n) is 31.5. The predicted molar refractivity (Wildman–Crippen MR) is 232 cm³/mol. The van der Waals surface area contributed by atoms with E-state index in [2.05, 4.69) is 38.3 Å². The van der Waals surface area contributed by atoms with E-state index < -0.39 is 0 Å². The second kappa shape index (κ2) is 14.0.